The molecule has 94 valence electrons. The van der Waals surface area contributed by atoms with Crippen LogP contribution in [-0.4, -0.2) is 11.9 Å². The highest BCUT2D eigenvalue weighted by atomic mass is 16.6. The van der Waals surface area contributed by atoms with Gasteiger partial charge in [-0.1, -0.05) is 55.1 Å². The highest BCUT2D eigenvalue weighted by Gasteiger charge is 2.29. The van der Waals surface area contributed by atoms with Gasteiger partial charge in [0, 0.05) is 0 Å². The van der Waals surface area contributed by atoms with Crippen molar-refractivity contribution in [2.75, 3.05) is 0 Å². The van der Waals surface area contributed by atoms with Gasteiger partial charge >= 0.3 is 11.9 Å². The van der Waals surface area contributed by atoms with E-state index < -0.39 is 11.9 Å². The molecule has 0 spiro atoms. The van der Waals surface area contributed by atoms with E-state index in [0.717, 1.165) is 5.56 Å². The van der Waals surface area contributed by atoms with Crippen molar-refractivity contribution in [3.8, 4) is 0 Å². The molecule has 1 aliphatic rings. The van der Waals surface area contributed by atoms with E-state index in [2.05, 4.69) is 11.3 Å². The molecular formula is C16H12O3. The van der Waals surface area contributed by atoms with E-state index in [4.69, 9.17) is 0 Å². The summed E-state index contributed by atoms with van der Waals surface area (Å²) in [6.45, 7) is 3.52. The van der Waals surface area contributed by atoms with Gasteiger partial charge in [0.2, 0.25) is 0 Å². The van der Waals surface area contributed by atoms with E-state index in [9.17, 15) is 9.59 Å². The first-order valence-electron chi connectivity index (χ1n) is 5.75. The zero-order valence-electron chi connectivity index (χ0n) is 10.2. The molecule has 0 unspecified atom stereocenters. The summed E-state index contributed by atoms with van der Waals surface area (Å²) in [7, 11) is 0. The van der Waals surface area contributed by atoms with E-state index in [1.165, 1.54) is 12.2 Å². The molecule has 19 heavy (non-hydrogen) atoms. The third-order valence-corrected chi connectivity index (χ3v) is 2.56. The lowest BCUT2D eigenvalue weighted by molar-refractivity contribution is -0.150. The zero-order chi connectivity index (χ0) is 13.7. The monoisotopic (exact) mass is 252 g/mol. The number of ether oxygens (including phenoxy) is 1. The molecule has 0 aliphatic carbocycles. The average molecular weight is 252 g/mol. The first-order chi connectivity index (χ1) is 9.22. The summed E-state index contributed by atoms with van der Waals surface area (Å²) in [4.78, 5) is 23.1. The summed E-state index contributed by atoms with van der Waals surface area (Å²) in [5.41, 5.74) is 1.44. The Morgan fingerprint density at radius 2 is 1.53 bits per heavy atom. The molecule has 0 amide bonds. The highest BCUT2D eigenvalue weighted by molar-refractivity contribution is 6.15. The van der Waals surface area contributed by atoms with Gasteiger partial charge in [-0.3, -0.25) is 0 Å². The van der Waals surface area contributed by atoms with Crippen LogP contribution in [0.1, 0.15) is 5.56 Å². The Hall–Kier alpha value is -2.68. The normalized spacial score (nSPS) is 15.6. The fourth-order valence-corrected chi connectivity index (χ4v) is 1.64. The van der Waals surface area contributed by atoms with Gasteiger partial charge in [-0.2, -0.15) is 0 Å². The van der Waals surface area contributed by atoms with Gasteiger partial charge < -0.3 is 4.74 Å². The van der Waals surface area contributed by atoms with Crippen molar-refractivity contribution in [3.05, 3.63) is 77.9 Å². The Balaban J connectivity index is 2.34. The molecule has 0 saturated heterocycles. The number of cyclic esters (lactones) is 2. The van der Waals surface area contributed by atoms with Gasteiger partial charge in [-0.05, 0) is 17.7 Å². The van der Waals surface area contributed by atoms with Crippen molar-refractivity contribution in [1.82, 2.24) is 0 Å². The van der Waals surface area contributed by atoms with Crippen molar-refractivity contribution >= 4 is 18.0 Å². The Bertz CT molecular complexity index is 604. The number of benzene rings is 1. The van der Waals surface area contributed by atoms with Gasteiger partial charge in [0.15, 0.2) is 0 Å². The summed E-state index contributed by atoms with van der Waals surface area (Å²) < 4.78 is 4.58. The average Bonchev–Trinajstić information content (AvgIpc) is 2.69. The Kier molecular flexibility index (Phi) is 3.88. The molecule has 1 aliphatic heterocycles. The van der Waals surface area contributed by atoms with E-state index in [-0.39, 0.29) is 11.1 Å². The molecular weight excluding hydrogens is 240 g/mol. The topological polar surface area (TPSA) is 43.4 Å². The molecule has 0 bridgehead atoms. The standard InChI is InChI=1S/C16H12O3/c1-2-3-9-13-14(16(18)19-15(13)17)11-10-12-7-5-4-6-8-12/h2-11H,1H2. The summed E-state index contributed by atoms with van der Waals surface area (Å²) in [6, 6.07) is 9.49. The van der Waals surface area contributed by atoms with E-state index >= 15 is 0 Å². The molecule has 1 aromatic carbocycles. The summed E-state index contributed by atoms with van der Waals surface area (Å²) >= 11 is 0. The van der Waals surface area contributed by atoms with Crippen LogP contribution in [0.2, 0.25) is 0 Å². The number of hydrogen-bond donors (Lipinski definition) is 0. The molecule has 1 heterocycles. The highest BCUT2D eigenvalue weighted by Crippen LogP contribution is 2.21. The maximum Gasteiger partial charge on any atom is 0.346 e. The maximum absolute atomic E-state index is 11.6. The quantitative estimate of drug-likeness (QED) is 0.470. The van der Waals surface area contributed by atoms with Crippen LogP contribution in [0.5, 0.6) is 0 Å². The van der Waals surface area contributed by atoms with E-state index in [1.54, 1.807) is 18.2 Å². The van der Waals surface area contributed by atoms with Crippen LogP contribution in [-0.2, 0) is 14.3 Å². The van der Waals surface area contributed by atoms with Crippen molar-refractivity contribution in [2.45, 2.75) is 0 Å². The number of hydrogen-bond acceptors (Lipinski definition) is 3. The van der Waals surface area contributed by atoms with Gasteiger partial charge in [-0.15, -0.1) is 0 Å². The number of carbonyl (C=O) groups is 2. The smallest absolute Gasteiger partial charge is 0.346 e. The van der Waals surface area contributed by atoms with Gasteiger partial charge in [0.05, 0.1) is 11.1 Å². The third kappa shape index (κ3) is 2.96. The number of carbonyl (C=O) groups excluding carboxylic acids is 2. The zero-order valence-corrected chi connectivity index (χ0v) is 10.2. The molecule has 2 rings (SSSR count). The summed E-state index contributed by atoms with van der Waals surface area (Å²) in [6.07, 6.45) is 7.99. The summed E-state index contributed by atoms with van der Waals surface area (Å²) in [5, 5.41) is 0. The van der Waals surface area contributed by atoms with Crippen molar-refractivity contribution < 1.29 is 14.3 Å². The van der Waals surface area contributed by atoms with Crippen LogP contribution >= 0.6 is 0 Å². The maximum atomic E-state index is 11.6. The largest absolute Gasteiger partial charge is 0.386 e. The minimum atomic E-state index is -0.629. The van der Waals surface area contributed by atoms with Gasteiger partial charge in [0.25, 0.3) is 0 Å². The SMILES string of the molecule is C=CC=CC1=C(C=Cc2ccccc2)C(=O)OC1=O. The van der Waals surface area contributed by atoms with Crippen LogP contribution in [0.3, 0.4) is 0 Å². The Morgan fingerprint density at radius 1 is 0.895 bits per heavy atom. The van der Waals surface area contributed by atoms with E-state index in [1.807, 2.05) is 30.3 Å². The lowest BCUT2D eigenvalue weighted by Crippen LogP contribution is -2.01. The molecule has 3 heteroatoms. The Morgan fingerprint density at radius 3 is 2.16 bits per heavy atom. The fraction of sp³-hybridized carbons (Fsp3) is 0. The fourth-order valence-electron chi connectivity index (χ4n) is 1.64. The minimum Gasteiger partial charge on any atom is -0.386 e. The third-order valence-electron chi connectivity index (χ3n) is 2.56. The van der Waals surface area contributed by atoms with Gasteiger partial charge in [-0.25, -0.2) is 9.59 Å². The molecule has 0 atom stereocenters. The van der Waals surface area contributed by atoms with Crippen LogP contribution < -0.4 is 0 Å². The second kappa shape index (κ2) is 5.78. The number of esters is 2. The van der Waals surface area contributed by atoms with Crippen LogP contribution in [0.25, 0.3) is 6.08 Å². The van der Waals surface area contributed by atoms with Crippen molar-refractivity contribution in [3.63, 3.8) is 0 Å². The molecule has 0 fully saturated rings. The minimum absolute atomic E-state index is 0.247. The molecule has 0 radical (unpaired) electrons. The van der Waals surface area contributed by atoms with Crippen molar-refractivity contribution in [1.29, 1.82) is 0 Å². The lowest BCUT2D eigenvalue weighted by atomic mass is 10.1. The second-order valence-electron chi connectivity index (χ2n) is 3.84. The predicted molar refractivity (Wildman–Crippen MR) is 72.9 cm³/mol. The molecule has 3 nitrogen and oxygen atoms in total. The summed E-state index contributed by atoms with van der Waals surface area (Å²) in [5.74, 6) is -1.25. The van der Waals surface area contributed by atoms with Crippen molar-refractivity contribution in [2.24, 2.45) is 0 Å². The molecule has 0 aromatic heterocycles. The van der Waals surface area contributed by atoms with Crippen LogP contribution in [0.4, 0.5) is 0 Å². The molecule has 0 N–H and O–H groups in total. The second-order valence-corrected chi connectivity index (χ2v) is 3.84. The lowest BCUT2D eigenvalue weighted by Gasteiger charge is -1.92. The van der Waals surface area contributed by atoms with Crippen LogP contribution in [0.15, 0.2) is 72.4 Å². The Labute approximate surface area is 111 Å². The number of rotatable bonds is 4. The van der Waals surface area contributed by atoms with Gasteiger partial charge in [0.1, 0.15) is 0 Å². The predicted octanol–water partition coefficient (Wildman–Crippen LogP) is 2.82. The first kappa shape index (κ1) is 12.8. The number of allylic oxidation sites excluding steroid dienone is 2. The molecule has 0 saturated carbocycles. The van der Waals surface area contributed by atoms with Crippen LogP contribution in [0, 0.1) is 0 Å². The molecule has 1 aromatic rings. The van der Waals surface area contributed by atoms with E-state index in [0.29, 0.717) is 0 Å². The first-order valence-corrected chi connectivity index (χ1v) is 5.75.